The Morgan fingerprint density at radius 3 is 2.79 bits per heavy atom. The van der Waals surface area contributed by atoms with Gasteiger partial charge in [-0.25, -0.2) is 0 Å². The number of rotatable bonds is 6. The van der Waals surface area contributed by atoms with Crippen molar-refractivity contribution in [2.75, 3.05) is 26.1 Å². The van der Waals surface area contributed by atoms with Crippen LogP contribution in [-0.4, -0.2) is 26.2 Å². The summed E-state index contributed by atoms with van der Waals surface area (Å²) >= 11 is 6.86. The maximum atomic E-state index is 5.31. The molecule has 19 heavy (non-hydrogen) atoms. The summed E-state index contributed by atoms with van der Waals surface area (Å²) in [6.07, 6.45) is 0. The highest BCUT2D eigenvalue weighted by Gasteiger charge is 2.12. The molecular weight excluding hydrogens is 346 g/mol. The van der Waals surface area contributed by atoms with Gasteiger partial charge in [-0.05, 0) is 22.0 Å². The summed E-state index contributed by atoms with van der Waals surface area (Å²) < 4.78 is 6.45. The normalized spacial score (nSPS) is 10.7. The number of anilines is 1. The van der Waals surface area contributed by atoms with Gasteiger partial charge >= 0.3 is 0 Å². The third kappa shape index (κ3) is 3.92. The van der Waals surface area contributed by atoms with Crippen LogP contribution in [-0.2, 0) is 13.1 Å². The molecule has 104 valence electrons. The monoisotopic (exact) mass is 361 g/mol. The average molecular weight is 362 g/mol. The zero-order chi connectivity index (χ0) is 13.8. The second-order valence-electron chi connectivity index (χ2n) is 4.16. The van der Waals surface area contributed by atoms with E-state index in [9.17, 15) is 0 Å². The van der Waals surface area contributed by atoms with Gasteiger partial charge in [-0.3, -0.25) is 0 Å². The Balaban J connectivity index is 1.95. The van der Waals surface area contributed by atoms with E-state index in [1.54, 1.807) is 29.8 Å². The summed E-state index contributed by atoms with van der Waals surface area (Å²) in [6, 6.07) is 2.13. The van der Waals surface area contributed by atoms with Gasteiger partial charge in [0.05, 0.1) is 12.0 Å². The highest BCUT2D eigenvalue weighted by Crippen LogP contribution is 2.30. The third-order valence-electron chi connectivity index (χ3n) is 2.43. The standard InChI is InChI=1S/C12H16BrN3OS2/c1-16(2)12-15-11(17-3)10(19-12)6-14-5-9-4-8(13)7-18-9/h4,7,14H,5-6H2,1-3H3. The topological polar surface area (TPSA) is 37.4 Å². The third-order valence-corrected chi connectivity index (χ3v) is 5.33. The number of thiazole rings is 1. The van der Waals surface area contributed by atoms with Crippen LogP contribution in [0.3, 0.4) is 0 Å². The fourth-order valence-electron chi connectivity index (χ4n) is 1.53. The van der Waals surface area contributed by atoms with E-state index in [0.29, 0.717) is 5.88 Å². The fourth-order valence-corrected chi connectivity index (χ4v) is 3.88. The summed E-state index contributed by atoms with van der Waals surface area (Å²) in [6.45, 7) is 1.62. The lowest BCUT2D eigenvalue weighted by molar-refractivity contribution is 0.395. The van der Waals surface area contributed by atoms with Crippen molar-refractivity contribution in [1.29, 1.82) is 0 Å². The zero-order valence-corrected chi connectivity index (χ0v) is 14.3. The number of halogens is 1. The van der Waals surface area contributed by atoms with Crippen molar-refractivity contribution in [1.82, 2.24) is 10.3 Å². The predicted octanol–water partition coefficient (Wildman–Crippen LogP) is 3.33. The second-order valence-corrected chi connectivity index (χ2v) is 7.13. The van der Waals surface area contributed by atoms with Gasteiger partial charge < -0.3 is 15.0 Å². The number of hydrogen-bond donors (Lipinski definition) is 1. The molecule has 0 aliphatic heterocycles. The van der Waals surface area contributed by atoms with Crippen molar-refractivity contribution in [2.24, 2.45) is 0 Å². The first-order chi connectivity index (χ1) is 9.10. The van der Waals surface area contributed by atoms with Gasteiger partial charge in [0.2, 0.25) is 5.88 Å². The molecule has 0 spiro atoms. The molecule has 0 radical (unpaired) electrons. The molecule has 2 aromatic heterocycles. The molecule has 0 saturated carbocycles. The zero-order valence-electron chi connectivity index (χ0n) is 11.1. The molecule has 0 fully saturated rings. The largest absolute Gasteiger partial charge is 0.480 e. The van der Waals surface area contributed by atoms with Crippen molar-refractivity contribution >= 4 is 43.7 Å². The maximum Gasteiger partial charge on any atom is 0.230 e. The van der Waals surface area contributed by atoms with E-state index < -0.39 is 0 Å². The Bertz CT molecular complexity index is 539. The summed E-state index contributed by atoms with van der Waals surface area (Å²) in [7, 11) is 5.63. The van der Waals surface area contributed by atoms with Crippen LogP contribution in [0.4, 0.5) is 5.13 Å². The lowest BCUT2D eigenvalue weighted by Crippen LogP contribution is -2.11. The molecule has 0 atom stereocenters. The molecule has 0 amide bonds. The van der Waals surface area contributed by atoms with Crippen molar-refractivity contribution in [3.63, 3.8) is 0 Å². The van der Waals surface area contributed by atoms with E-state index in [4.69, 9.17) is 4.74 Å². The van der Waals surface area contributed by atoms with Crippen LogP contribution < -0.4 is 15.0 Å². The minimum absolute atomic E-state index is 0.716. The number of hydrogen-bond acceptors (Lipinski definition) is 6. The predicted molar refractivity (Wildman–Crippen MR) is 85.6 cm³/mol. The summed E-state index contributed by atoms with van der Waals surface area (Å²) in [5.41, 5.74) is 0. The Hall–Kier alpha value is -0.630. The lowest BCUT2D eigenvalue weighted by Gasteiger charge is -2.05. The van der Waals surface area contributed by atoms with Crippen LogP contribution in [0.2, 0.25) is 0 Å². The van der Waals surface area contributed by atoms with Crippen LogP contribution in [0.15, 0.2) is 15.9 Å². The van der Waals surface area contributed by atoms with Gasteiger partial charge in [-0.2, -0.15) is 4.98 Å². The lowest BCUT2D eigenvalue weighted by atomic mass is 10.4. The molecule has 2 rings (SSSR count). The molecule has 2 heterocycles. The van der Waals surface area contributed by atoms with Crippen molar-refractivity contribution in [3.8, 4) is 5.88 Å². The number of nitrogens with zero attached hydrogens (tertiary/aromatic N) is 2. The first-order valence-electron chi connectivity index (χ1n) is 5.74. The maximum absolute atomic E-state index is 5.31. The first kappa shape index (κ1) is 14.8. The van der Waals surface area contributed by atoms with Crippen LogP contribution in [0.25, 0.3) is 0 Å². The van der Waals surface area contributed by atoms with E-state index in [2.05, 4.69) is 37.7 Å². The Morgan fingerprint density at radius 1 is 1.42 bits per heavy atom. The Kier molecular flexibility index (Phi) is 5.20. The van der Waals surface area contributed by atoms with Crippen molar-refractivity contribution < 1.29 is 4.74 Å². The van der Waals surface area contributed by atoms with Gasteiger partial charge in [0.25, 0.3) is 0 Å². The summed E-state index contributed by atoms with van der Waals surface area (Å²) in [5.74, 6) is 0.716. The van der Waals surface area contributed by atoms with Crippen LogP contribution in [0, 0.1) is 0 Å². The molecular formula is C12H16BrN3OS2. The fraction of sp³-hybridized carbons (Fsp3) is 0.417. The molecule has 1 N–H and O–H groups in total. The molecule has 0 unspecified atom stereocenters. The minimum atomic E-state index is 0.716. The molecule has 0 saturated heterocycles. The quantitative estimate of drug-likeness (QED) is 0.855. The molecule has 0 aliphatic carbocycles. The minimum Gasteiger partial charge on any atom is -0.480 e. The van der Waals surface area contributed by atoms with E-state index in [1.165, 1.54) is 4.88 Å². The highest BCUT2D eigenvalue weighted by molar-refractivity contribution is 9.10. The number of aromatic nitrogens is 1. The van der Waals surface area contributed by atoms with Crippen LogP contribution in [0.1, 0.15) is 9.75 Å². The molecule has 2 aromatic rings. The van der Waals surface area contributed by atoms with Gasteiger partial charge in [0.1, 0.15) is 0 Å². The number of methoxy groups -OCH3 is 1. The van der Waals surface area contributed by atoms with E-state index in [0.717, 1.165) is 27.6 Å². The molecule has 0 aromatic carbocycles. The van der Waals surface area contributed by atoms with E-state index in [1.807, 2.05) is 19.0 Å². The summed E-state index contributed by atoms with van der Waals surface area (Å²) in [4.78, 5) is 8.86. The van der Waals surface area contributed by atoms with Crippen LogP contribution in [0.5, 0.6) is 5.88 Å². The molecule has 7 heteroatoms. The van der Waals surface area contributed by atoms with E-state index in [-0.39, 0.29) is 0 Å². The van der Waals surface area contributed by atoms with E-state index >= 15 is 0 Å². The van der Waals surface area contributed by atoms with Gasteiger partial charge in [0.15, 0.2) is 5.13 Å². The Morgan fingerprint density at radius 2 is 2.21 bits per heavy atom. The first-order valence-corrected chi connectivity index (χ1v) is 8.23. The molecule has 0 bridgehead atoms. The van der Waals surface area contributed by atoms with Gasteiger partial charge in [0, 0.05) is 41.9 Å². The van der Waals surface area contributed by atoms with Crippen molar-refractivity contribution in [2.45, 2.75) is 13.1 Å². The number of ether oxygens (including phenoxy) is 1. The van der Waals surface area contributed by atoms with Gasteiger partial charge in [-0.1, -0.05) is 11.3 Å². The Labute approximate surface area is 129 Å². The second kappa shape index (κ2) is 6.69. The molecule has 4 nitrogen and oxygen atoms in total. The van der Waals surface area contributed by atoms with Crippen molar-refractivity contribution in [3.05, 3.63) is 25.7 Å². The summed E-state index contributed by atoms with van der Waals surface area (Å²) in [5, 5.41) is 6.48. The average Bonchev–Trinajstić information content (AvgIpc) is 2.96. The van der Waals surface area contributed by atoms with Crippen LogP contribution >= 0.6 is 38.6 Å². The van der Waals surface area contributed by atoms with Gasteiger partial charge in [-0.15, -0.1) is 11.3 Å². The number of thiophene rings is 1. The molecule has 0 aliphatic rings. The SMILES string of the molecule is COc1nc(N(C)C)sc1CNCc1cc(Br)cs1. The highest BCUT2D eigenvalue weighted by atomic mass is 79.9. The smallest absolute Gasteiger partial charge is 0.230 e. The number of nitrogens with one attached hydrogen (secondary N) is 1.